The minimum atomic E-state index is -0.359. The van der Waals surface area contributed by atoms with Gasteiger partial charge < -0.3 is 18.9 Å². The molecule has 1 fully saturated rings. The second-order valence-corrected chi connectivity index (χ2v) is 7.20. The molecule has 0 bridgehead atoms. The lowest BCUT2D eigenvalue weighted by Gasteiger charge is -2.33. The summed E-state index contributed by atoms with van der Waals surface area (Å²) < 4.78 is 16.5. The van der Waals surface area contributed by atoms with E-state index in [1.165, 1.54) is 0 Å². The van der Waals surface area contributed by atoms with E-state index in [-0.39, 0.29) is 18.4 Å². The first kappa shape index (κ1) is 20.0. The van der Waals surface area contributed by atoms with Gasteiger partial charge in [-0.1, -0.05) is 17.3 Å². The van der Waals surface area contributed by atoms with E-state index in [1.54, 1.807) is 19.5 Å². The van der Waals surface area contributed by atoms with Crippen molar-refractivity contribution in [1.29, 1.82) is 0 Å². The van der Waals surface area contributed by atoms with Crippen LogP contribution in [0.4, 0.5) is 0 Å². The SMILES string of the molecule is COc1cccc(-c2nccnc2[C@@H]2CN(C(=O)Cc3c(C)noc3C)CCO2)c1. The number of carbonyl (C=O) groups excluding carboxylic acids is 1. The van der Waals surface area contributed by atoms with Gasteiger partial charge in [0.15, 0.2) is 0 Å². The highest BCUT2D eigenvalue weighted by Crippen LogP contribution is 2.31. The van der Waals surface area contributed by atoms with E-state index in [0.717, 1.165) is 28.3 Å². The summed E-state index contributed by atoms with van der Waals surface area (Å²) in [5.74, 6) is 1.44. The lowest BCUT2D eigenvalue weighted by Crippen LogP contribution is -2.43. The maximum atomic E-state index is 12.9. The van der Waals surface area contributed by atoms with E-state index in [9.17, 15) is 4.79 Å². The van der Waals surface area contributed by atoms with Crippen LogP contribution >= 0.6 is 0 Å². The Hall–Kier alpha value is -3.26. The van der Waals surface area contributed by atoms with Crippen LogP contribution in [0.3, 0.4) is 0 Å². The molecule has 1 aliphatic heterocycles. The first-order chi connectivity index (χ1) is 14.6. The van der Waals surface area contributed by atoms with E-state index in [0.29, 0.717) is 31.2 Å². The molecular weight excluding hydrogens is 384 g/mol. The molecule has 30 heavy (non-hydrogen) atoms. The van der Waals surface area contributed by atoms with Gasteiger partial charge in [-0.25, -0.2) is 0 Å². The van der Waals surface area contributed by atoms with Gasteiger partial charge in [0.2, 0.25) is 5.91 Å². The summed E-state index contributed by atoms with van der Waals surface area (Å²) in [5.41, 5.74) is 3.92. The monoisotopic (exact) mass is 408 g/mol. The minimum absolute atomic E-state index is 0.0181. The van der Waals surface area contributed by atoms with Crippen molar-refractivity contribution in [2.75, 3.05) is 26.8 Å². The highest BCUT2D eigenvalue weighted by atomic mass is 16.5. The predicted octanol–water partition coefficient (Wildman–Crippen LogP) is 2.90. The quantitative estimate of drug-likeness (QED) is 0.641. The van der Waals surface area contributed by atoms with Gasteiger partial charge in [-0.05, 0) is 26.0 Å². The van der Waals surface area contributed by atoms with E-state index < -0.39 is 0 Å². The van der Waals surface area contributed by atoms with Crippen LogP contribution in [-0.2, 0) is 16.0 Å². The summed E-state index contributed by atoms with van der Waals surface area (Å²) in [7, 11) is 1.63. The number of methoxy groups -OCH3 is 1. The number of aryl methyl sites for hydroxylation is 2. The molecular formula is C22H24N4O4. The van der Waals surface area contributed by atoms with Crippen LogP contribution in [0, 0.1) is 13.8 Å². The van der Waals surface area contributed by atoms with Crippen molar-refractivity contribution in [1.82, 2.24) is 20.0 Å². The normalized spacial score (nSPS) is 16.5. The van der Waals surface area contributed by atoms with E-state index in [1.807, 2.05) is 43.0 Å². The Bertz CT molecular complexity index is 1030. The van der Waals surface area contributed by atoms with Crippen molar-refractivity contribution >= 4 is 5.91 Å². The fourth-order valence-corrected chi connectivity index (χ4v) is 3.64. The Labute approximate surface area is 174 Å². The van der Waals surface area contributed by atoms with Crippen LogP contribution in [0.1, 0.15) is 28.8 Å². The second kappa shape index (κ2) is 8.62. The Kier molecular flexibility index (Phi) is 5.76. The van der Waals surface area contributed by atoms with Gasteiger partial charge in [0, 0.05) is 30.1 Å². The van der Waals surface area contributed by atoms with Crippen LogP contribution < -0.4 is 4.74 Å². The molecule has 0 N–H and O–H groups in total. The molecule has 3 aromatic rings. The van der Waals surface area contributed by atoms with Crippen molar-refractivity contribution in [3.63, 3.8) is 0 Å². The molecule has 2 aromatic heterocycles. The minimum Gasteiger partial charge on any atom is -0.497 e. The summed E-state index contributed by atoms with van der Waals surface area (Å²) in [4.78, 5) is 23.8. The van der Waals surface area contributed by atoms with Crippen LogP contribution in [-0.4, -0.2) is 52.7 Å². The molecule has 3 heterocycles. The molecule has 0 radical (unpaired) electrons. The first-order valence-electron chi connectivity index (χ1n) is 9.83. The Morgan fingerprint density at radius 3 is 2.87 bits per heavy atom. The third-order valence-corrected chi connectivity index (χ3v) is 5.30. The summed E-state index contributed by atoms with van der Waals surface area (Å²) in [6.45, 7) is 5.06. The number of amides is 1. The zero-order chi connectivity index (χ0) is 21.1. The molecule has 8 nitrogen and oxygen atoms in total. The molecule has 0 unspecified atom stereocenters. The van der Waals surface area contributed by atoms with E-state index in [2.05, 4.69) is 15.1 Å². The second-order valence-electron chi connectivity index (χ2n) is 7.20. The van der Waals surface area contributed by atoms with Crippen LogP contribution in [0.2, 0.25) is 0 Å². The van der Waals surface area contributed by atoms with Crippen LogP contribution in [0.5, 0.6) is 5.75 Å². The fourth-order valence-electron chi connectivity index (χ4n) is 3.64. The van der Waals surface area contributed by atoms with Crippen molar-refractivity contribution in [2.24, 2.45) is 0 Å². The van der Waals surface area contributed by atoms with Crippen molar-refractivity contribution in [3.8, 4) is 17.0 Å². The number of hydrogen-bond acceptors (Lipinski definition) is 7. The van der Waals surface area contributed by atoms with Gasteiger partial charge in [0.05, 0.1) is 43.8 Å². The first-order valence-corrected chi connectivity index (χ1v) is 9.83. The Morgan fingerprint density at radius 2 is 2.10 bits per heavy atom. The molecule has 0 aliphatic carbocycles. The fraction of sp³-hybridized carbons (Fsp3) is 0.364. The standard InChI is InChI=1S/C22H24N4O4/c1-14-18(15(2)30-25-14)12-20(27)26-9-10-29-19(13-26)22-21(23-7-8-24-22)16-5-4-6-17(11-16)28-3/h4-8,11,19H,9-10,12-13H2,1-3H3/t19-/m0/s1. The third-order valence-electron chi connectivity index (χ3n) is 5.30. The number of morpholine rings is 1. The van der Waals surface area contributed by atoms with E-state index >= 15 is 0 Å². The molecule has 0 spiro atoms. The number of nitrogens with zero attached hydrogens (tertiary/aromatic N) is 4. The molecule has 1 amide bonds. The third kappa shape index (κ3) is 4.04. The molecule has 1 saturated heterocycles. The molecule has 0 saturated carbocycles. The number of benzene rings is 1. The van der Waals surface area contributed by atoms with Crippen LogP contribution in [0.15, 0.2) is 41.2 Å². The molecule has 1 aromatic carbocycles. The number of rotatable bonds is 5. The molecule has 1 aliphatic rings. The van der Waals surface area contributed by atoms with Gasteiger partial charge in [-0.3, -0.25) is 14.8 Å². The molecule has 156 valence electrons. The zero-order valence-electron chi connectivity index (χ0n) is 17.3. The van der Waals surface area contributed by atoms with Crippen LogP contribution in [0.25, 0.3) is 11.3 Å². The lowest BCUT2D eigenvalue weighted by atomic mass is 10.0. The smallest absolute Gasteiger partial charge is 0.227 e. The maximum Gasteiger partial charge on any atom is 0.227 e. The average molecular weight is 408 g/mol. The predicted molar refractivity (Wildman–Crippen MR) is 109 cm³/mol. The largest absolute Gasteiger partial charge is 0.497 e. The number of hydrogen-bond donors (Lipinski definition) is 0. The number of aromatic nitrogens is 3. The van der Waals surface area contributed by atoms with Gasteiger partial charge in [-0.15, -0.1) is 0 Å². The highest BCUT2D eigenvalue weighted by Gasteiger charge is 2.29. The molecule has 1 atom stereocenters. The van der Waals surface area contributed by atoms with Crippen molar-refractivity contribution in [2.45, 2.75) is 26.4 Å². The zero-order valence-corrected chi connectivity index (χ0v) is 17.3. The number of carbonyl (C=O) groups is 1. The Morgan fingerprint density at radius 1 is 1.27 bits per heavy atom. The van der Waals surface area contributed by atoms with Crippen molar-refractivity contribution < 1.29 is 18.8 Å². The summed E-state index contributed by atoms with van der Waals surface area (Å²) in [6, 6.07) is 7.66. The van der Waals surface area contributed by atoms with Gasteiger partial charge in [0.25, 0.3) is 0 Å². The lowest BCUT2D eigenvalue weighted by molar-refractivity contribution is -0.138. The van der Waals surface area contributed by atoms with Gasteiger partial charge >= 0.3 is 0 Å². The maximum absolute atomic E-state index is 12.9. The number of ether oxygens (including phenoxy) is 2. The molecule has 4 rings (SSSR count). The summed E-state index contributed by atoms with van der Waals surface area (Å²) in [5, 5.41) is 3.94. The van der Waals surface area contributed by atoms with E-state index in [4.69, 9.17) is 14.0 Å². The van der Waals surface area contributed by atoms with Gasteiger partial charge in [-0.2, -0.15) is 0 Å². The Balaban J connectivity index is 1.56. The van der Waals surface area contributed by atoms with Crippen molar-refractivity contribution in [3.05, 3.63) is 59.4 Å². The average Bonchev–Trinajstić information content (AvgIpc) is 3.11. The topological polar surface area (TPSA) is 90.6 Å². The molecule has 8 heteroatoms. The highest BCUT2D eigenvalue weighted by molar-refractivity contribution is 5.79. The van der Waals surface area contributed by atoms with Gasteiger partial charge in [0.1, 0.15) is 17.6 Å². The summed E-state index contributed by atoms with van der Waals surface area (Å²) >= 11 is 0. The summed E-state index contributed by atoms with van der Waals surface area (Å²) in [6.07, 6.45) is 3.20.